The number of ether oxygens (including phenoxy) is 2. The molecule has 6 nitrogen and oxygen atoms in total. The predicted octanol–water partition coefficient (Wildman–Crippen LogP) is 9.47. The Balaban J connectivity index is 1.51. The first kappa shape index (κ1) is 32.8. The molecule has 0 atom stereocenters. The average molecular weight is 679 g/mol. The summed E-state index contributed by atoms with van der Waals surface area (Å²) < 4.78 is 11.8. The molecule has 0 radical (unpaired) electrons. The lowest BCUT2D eigenvalue weighted by atomic mass is 9.82. The highest BCUT2D eigenvalue weighted by Gasteiger charge is 2.60. The van der Waals surface area contributed by atoms with Crippen LogP contribution in [0, 0.1) is 0 Å². The minimum Gasteiger partial charge on any atom is -0.494 e. The summed E-state index contributed by atoms with van der Waals surface area (Å²) >= 11 is 0. The fourth-order valence-electron chi connectivity index (χ4n) is 6.97. The van der Waals surface area contributed by atoms with Crippen LogP contribution in [-0.2, 0) is 11.3 Å². The summed E-state index contributed by atoms with van der Waals surface area (Å²) in [4.78, 5) is 23.1. The average Bonchev–Trinajstić information content (AvgIpc) is 3.83. The molecule has 0 saturated heterocycles. The number of rotatable bonds is 11. The van der Waals surface area contributed by atoms with Crippen molar-refractivity contribution < 1.29 is 9.47 Å². The fourth-order valence-corrected chi connectivity index (χ4v) is 6.97. The molecular weight excluding hydrogens is 641 g/mol. The van der Waals surface area contributed by atoms with Gasteiger partial charge in [-0.2, -0.15) is 0 Å². The van der Waals surface area contributed by atoms with Crippen LogP contribution in [0.5, 0.6) is 11.5 Å². The van der Waals surface area contributed by atoms with Gasteiger partial charge in [0.1, 0.15) is 11.5 Å². The molecule has 0 unspecified atom stereocenters. The predicted molar refractivity (Wildman–Crippen MR) is 210 cm³/mol. The number of aliphatic imine (C=N–C) groups is 4. The molecule has 0 aliphatic carbocycles. The zero-order chi connectivity index (χ0) is 35.4. The second-order valence-corrected chi connectivity index (χ2v) is 12.6. The van der Waals surface area contributed by atoms with E-state index >= 15 is 0 Å². The largest absolute Gasteiger partial charge is 0.494 e. The summed E-state index contributed by atoms with van der Waals surface area (Å²) in [6.45, 7) is 5.09. The summed E-state index contributed by atoms with van der Waals surface area (Å²) in [5.74, 6) is 1.53. The maximum absolute atomic E-state index is 5.92. The Bertz CT molecular complexity index is 2000. The van der Waals surface area contributed by atoms with Crippen molar-refractivity contribution in [1.82, 2.24) is 0 Å². The van der Waals surface area contributed by atoms with Gasteiger partial charge in [-0.1, -0.05) is 146 Å². The molecule has 0 N–H and O–H groups in total. The highest BCUT2D eigenvalue weighted by molar-refractivity contribution is 6.55. The van der Waals surface area contributed by atoms with E-state index in [4.69, 9.17) is 29.4 Å². The van der Waals surface area contributed by atoms with Gasteiger partial charge in [0.15, 0.2) is 0 Å². The van der Waals surface area contributed by atoms with Crippen LogP contribution in [0.1, 0.15) is 47.2 Å². The first-order valence-corrected chi connectivity index (χ1v) is 17.7. The molecule has 0 spiro atoms. The van der Waals surface area contributed by atoms with Gasteiger partial charge >= 0.3 is 0 Å². The van der Waals surface area contributed by atoms with Gasteiger partial charge in [-0.25, -0.2) is 20.0 Å². The Hall–Kier alpha value is -6.40. The van der Waals surface area contributed by atoms with Crippen molar-refractivity contribution in [3.63, 3.8) is 0 Å². The first-order valence-electron chi connectivity index (χ1n) is 17.7. The third kappa shape index (κ3) is 5.82. The molecule has 8 rings (SSSR count). The van der Waals surface area contributed by atoms with Gasteiger partial charge in [0.25, 0.3) is 0 Å². The SMILES string of the molecule is CCOc1ccc(C2(C3(c4ccc(OCC)cc4)N=C(c4ccccc4)C(c4ccccc4)=N3)N=C(c3ccccc3)C(c3ccccc3)=N2)cc1. The quantitative estimate of drug-likeness (QED) is 0.137. The van der Waals surface area contributed by atoms with Gasteiger partial charge in [-0.3, -0.25) is 0 Å². The number of nitrogens with zero attached hydrogens (tertiary/aromatic N) is 4. The monoisotopic (exact) mass is 678 g/mol. The van der Waals surface area contributed by atoms with Crippen LogP contribution >= 0.6 is 0 Å². The lowest BCUT2D eigenvalue weighted by Gasteiger charge is -2.38. The Kier molecular flexibility index (Phi) is 8.88. The van der Waals surface area contributed by atoms with Gasteiger partial charge in [-0.05, 0) is 38.1 Å². The smallest absolute Gasteiger partial charge is 0.226 e. The van der Waals surface area contributed by atoms with E-state index in [0.29, 0.717) is 13.2 Å². The number of hydrogen-bond acceptors (Lipinski definition) is 6. The van der Waals surface area contributed by atoms with Crippen molar-refractivity contribution in [2.75, 3.05) is 13.2 Å². The van der Waals surface area contributed by atoms with Crippen molar-refractivity contribution in [2.45, 2.75) is 25.2 Å². The molecule has 6 heteroatoms. The number of hydrogen-bond donors (Lipinski definition) is 0. The third-order valence-corrected chi connectivity index (χ3v) is 9.35. The highest BCUT2D eigenvalue weighted by atomic mass is 16.5. The van der Waals surface area contributed by atoms with E-state index in [2.05, 4.69) is 72.8 Å². The summed E-state index contributed by atoms with van der Waals surface area (Å²) in [7, 11) is 0. The summed E-state index contributed by atoms with van der Waals surface area (Å²) in [6, 6.07) is 57.2. The maximum atomic E-state index is 5.92. The second-order valence-electron chi connectivity index (χ2n) is 12.6. The summed E-state index contributed by atoms with van der Waals surface area (Å²) in [5.41, 5.74) is 5.81. The van der Waals surface area contributed by atoms with Gasteiger partial charge in [-0.15, -0.1) is 0 Å². The van der Waals surface area contributed by atoms with Crippen molar-refractivity contribution in [3.05, 3.63) is 203 Å². The molecule has 2 heterocycles. The zero-order valence-corrected chi connectivity index (χ0v) is 29.2. The molecule has 0 aromatic heterocycles. The Morgan fingerprint density at radius 3 is 0.827 bits per heavy atom. The highest BCUT2D eigenvalue weighted by Crippen LogP contribution is 2.54. The molecule has 52 heavy (non-hydrogen) atoms. The first-order chi connectivity index (χ1) is 25.6. The van der Waals surface area contributed by atoms with E-state index in [1.54, 1.807) is 0 Å². The number of benzene rings is 6. The Morgan fingerprint density at radius 1 is 0.346 bits per heavy atom. The lowest BCUT2D eigenvalue weighted by molar-refractivity contribution is 0.256. The van der Waals surface area contributed by atoms with Crippen molar-refractivity contribution in [3.8, 4) is 11.5 Å². The molecular formula is C46H38N4O2. The van der Waals surface area contributed by atoms with Gasteiger partial charge in [0.05, 0.1) is 36.1 Å². The van der Waals surface area contributed by atoms with E-state index in [9.17, 15) is 0 Å². The molecule has 0 amide bonds. The van der Waals surface area contributed by atoms with E-state index < -0.39 is 11.3 Å². The van der Waals surface area contributed by atoms with Crippen LogP contribution in [0.3, 0.4) is 0 Å². The van der Waals surface area contributed by atoms with Crippen molar-refractivity contribution in [1.29, 1.82) is 0 Å². The van der Waals surface area contributed by atoms with Crippen LogP contribution < -0.4 is 9.47 Å². The van der Waals surface area contributed by atoms with Gasteiger partial charge in [0, 0.05) is 33.4 Å². The van der Waals surface area contributed by atoms with Crippen LogP contribution in [0.25, 0.3) is 0 Å². The van der Waals surface area contributed by atoms with Crippen LogP contribution in [-0.4, -0.2) is 36.1 Å². The van der Waals surface area contributed by atoms with Crippen LogP contribution in [0.15, 0.2) is 190 Å². The van der Waals surface area contributed by atoms with Gasteiger partial charge in [0.2, 0.25) is 11.3 Å². The standard InChI is InChI=1S/C46H38N4O2/c1-3-51-39-29-25-37(26-30-39)45(47-41(33-17-9-5-10-18-33)42(48-45)34-19-11-6-12-20-34)46(38-27-31-40(32-28-38)52-4-2)49-43(35-21-13-7-14-22-35)44(50-46)36-23-15-8-16-24-36/h5-32H,3-4H2,1-2H3. The van der Waals surface area contributed by atoms with E-state index in [0.717, 1.165) is 67.7 Å². The van der Waals surface area contributed by atoms with Crippen LogP contribution in [0.2, 0.25) is 0 Å². The topological polar surface area (TPSA) is 67.9 Å². The lowest BCUT2D eigenvalue weighted by Crippen LogP contribution is -2.43. The van der Waals surface area contributed by atoms with E-state index in [1.807, 2.05) is 111 Å². The normalized spacial score (nSPS) is 15.7. The van der Waals surface area contributed by atoms with E-state index in [1.165, 1.54) is 0 Å². The molecule has 0 saturated carbocycles. The van der Waals surface area contributed by atoms with Crippen LogP contribution in [0.4, 0.5) is 0 Å². The zero-order valence-electron chi connectivity index (χ0n) is 29.2. The third-order valence-electron chi connectivity index (χ3n) is 9.35. The van der Waals surface area contributed by atoms with Gasteiger partial charge < -0.3 is 9.47 Å². The minimum absolute atomic E-state index is 0.558. The summed E-state index contributed by atoms with van der Waals surface area (Å²) in [6.07, 6.45) is 0. The molecule has 6 aromatic rings. The Morgan fingerprint density at radius 2 is 0.596 bits per heavy atom. The second kappa shape index (κ2) is 14.1. The van der Waals surface area contributed by atoms with E-state index in [-0.39, 0.29) is 0 Å². The fraction of sp³-hybridized carbons (Fsp3) is 0.130. The van der Waals surface area contributed by atoms with Crippen molar-refractivity contribution >= 4 is 22.8 Å². The maximum Gasteiger partial charge on any atom is 0.226 e. The molecule has 2 aliphatic heterocycles. The minimum atomic E-state index is -1.38. The summed E-state index contributed by atoms with van der Waals surface area (Å²) in [5, 5.41) is 0. The molecule has 6 aromatic carbocycles. The molecule has 0 bridgehead atoms. The molecule has 254 valence electrons. The molecule has 0 fully saturated rings. The van der Waals surface area contributed by atoms with Crippen molar-refractivity contribution in [2.24, 2.45) is 20.0 Å². The molecule has 2 aliphatic rings. The Labute approximate surface area is 304 Å².